The number of rotatable bonds is 3. The largest absolute Gasteiger partial charge is 0.0620 e. The zero-order chi connectivity index (χ0) is 39.7. The third-order valence-electron chi connectivity index (χ3n) is 14.6. The summed E-state index contributed by atoms with van der Waals surface area (Å²) in [6.45, 7) is 4.78. The maximum atomic E-state index is 2.53. The Balaban J connectivity index is 1.10. The van der Waals surface area contributed by atoms with Crippen LogP contribution in [0, 0.1) is 0 Å². The SMILES string of the molecule is CC1(C)c2ccccc2-c2c(-c3c4ccccc4c(-c4ccc5c(c4)-c4ccccc4C54Cc5ccccc5C4)c4ccc(-c5ccc6ccccc6c5)cc34)cccc21. The third-order valence-corrected chi connectivity index (χ3v) is 14.6. The van der Waals surface area contributed by atoms with E-state index < -0.39 is 0 Å². The maximum absolute atomic E-state index is 2.53. The normalized spacial score (nSPS) is 15.0. The van der Waals surface area contributed by atoms with Gasteiger partial charge in [0.05, 0.1) is 0 Å². The molecule has 0 nitrogen and oxygen atoms in total. The standard InChI is InChI=1S/C60H42/c1-59(2)52-23-11-10-21-48(52)58-49(22-13-25-55(58)59)57-46-20-8-7-19-45(46)56(47-30-28-40(33-51(47)57)39-27-26-37-14-3-4-15-38(37)32-39)41-29-31-54-50(34-41)44-18-9-12-24-53(44)60(54)35-42-16-5-6-17-43(42)36-60/h3-34H,35-36H2,1-2H3. The molecule has 60 heavy (non-hydrogen) atoms. The van der Waals surface area contributed by atoms with Gasteiger partial charge >= 0.3 is 0 Å². The molecule has 10 aromatic rings. The van der Waals surface area contributed by atoms with Gasteiger partial charge in [0.2, 0.25) is 0 Å². The minimum absolute atomic E-state index is 0.0331. The lowest BCUT2D eigenvalue weighted by Gasteiger charge is -2.27. The lowest BCUT2D eigenvalue weighted by molar-refractivity contribution is 0.563. The average molecular weight is 763 g/mol. The van der Waals surface area contributed by atoms with E-state index in [9.17, 15) is 0 Å². The van der Waals surface area contributed by atoms with Gasteiger partial charge in [-0.2, -0.15) is 0 Å². The third kappa shape index (κ3) is 4.57. The van der Waals surface area contributed by atoms with Crippen molar-refractivity contribution in [3.8, 4) is 55.6 Å². The first-order chi connectivity index (χ1) is 29.5. The monoisotopic (exact) mass is 762 g/mol. The van der Waals surface area contributed by atoms with Crippen molar-refractivity contribution in [2.45, 2.75) is 37.5 Å². The highest BCUT2D eigenvalue weighted by molar-refractivity contribution is 6.23. The summed E-state index contributed by atoms with van der Waals surface area (Å²) in [4.78, 5) is 0. The van der Waals surface area contributed by atoms with Gasteiger partial charge in [0.25, 0.3) is 0 Å². The summed E-state index contributed by atoms with van der Waals surface area (Å²) < 4.78 is 0. The molecule has 0 saturated carbocycles. The van der Waals surface area contributed by atoms with E-state index in [1.807, 2.05) is 0 Å². The molecule has 0 aromatic heterocycles. The molecule has 10 aromatic carbocycles. The summed E-state index contributed by atoms with van der Waals surface area (Å²) in [5.74, 6) is 0. The first-order valence-electron chi connectivity index (χ1n) is 21.5. The van der Waals surface area contributed by atoms with Crippen LogP contribution in [0.15, 0.2) is 194 Å². The molecule has 0 N–H and O–H groups in total. The second-order valence-corrected chi connectivity index (χ2v) is 18.0. The lowest BCUT2D eigenvalue weighted by atomic mass is 9.75. The van der Waals surface area contributed by atoms with Crippen LogP contribution in [0.4, 0.5) is 0 Å². The Bertz CT molecular complexity index is 3440. The van der Waals surface area contributed by atoms with Crippen LogP contribution < -0.4 is 0 Å². The van der Waals surface area contributed by atoms with Gasteiger partial charge in [-0.25, -0.2) is 0 Å². The van der Waals surface area contributed by atoms with Crippen molar-refractivity contribution in [3.05, 3.63) is 228 Å². The van der Waals surface area contributed by atoms with Crippen molar-refractivity contribution in [3.63, 3.8) is 0 Å². The molecule has 0 unspecified atom stereocenters. The fraction of sp³-hybridized carbons (Fsp3) is 0.100. The van der Waals surface area contributed by atoms with E-state index in [-0.39, 0.29) is 10.8 Å². The van der Waals surface area contributed by atoms with Gasteiger partial charge in [0.1, 0.15) is 0 Å². The van der Waals surface area contributed by atoms with Crippen LogP contribution in [-0.4, -0.2) is 0 Å². The van der Waals surface area contributed by atoms with E-state index in [4.69, 9.17) is 0 Å². The highest BCUT2D eigenvalue weighted by atomic mass is 14.5. The summed E-state index contributed by atoms with van der Waals surface area (Å²) in [6.07, 6.45) is 2.10. The van der Waals surface area contributed by atoms with Crippen LogP contribution >= 0.6 is 0 Å². The highest BCUT2D eigenvalue weighted by Crippen LogP contribution is 2.58. The fourth-order valence-electron chi connectivity index (χ4n) is 11.9. The maximum Gasteiger partial charge on any atom is 0.0295 e. The van der Waals surface area contributed by atoms with Gasteiger partial charge < -0.3 is 0 Å². The average Bonchev–Trinajstić information content (AvgIpc) is 3.90. The van der Waals surface area contributed by atoms with Crippen molar-refractivity contribution in [2.75, 3.05) is 0 Å². The number of hydrogen-bond acceptors (Lipinski definition) is 0. The van der Waals surface area contributed by atoms with Crippen molar-refractivity contribution < 1.29 is 0 Å². The Labute approximate surface area is 351 Å². The Morgan fingerprint density at radius 1 is 0.317 bits per heavy atom. The number of hydrogen-bond donors (Lipinski definition) is 0. The minimum Gasteiger partial charge on any atom is -0.0620 e. The second-order valence-electron chi connectivity index (χ2n) is 18.0. The van der Waals surface area contributed by atoms with Gasteiger partial charge in [0.15, 0.2) is 0 Å². The Hall–Kier alpha value is -7.02. The Morgan fingerprint density at radius 2 is 0.883 bits per heavy atom. The molecule has 0 heterocycles. The van der Waals surface area contributed by atoms with Crippen molar-refractivity contribution in [1.82, 2.24) is 0 Å². The van der Waals surface area contributed by atoms with Crippen molar-refractivity contribution in [2.24, 2.45) is 0 Å². The molecular weight excluding hydrogens is 721 g/mol. The van der Waals surface area contributed by atoms with Gasteiger partial charge in [-0.3, -0.25) is 0 Å². The molecule has 0 aliphatic heterocycles. The highest BCUT2D eigenvalue weighted by Gasteiger charge is 2.47. The molecule has 13 rings (SSSR count). The van der Waals surface area contributed by atoms with Crippen LogP contribution in [0.1, 0.15) is 47.2 Å². The number of fused-ring (bicyclic) bond motifs is 12. The Morgan fingerprint density at radius 3 is 1.70 bits per heavy atom. The molecule has 0 saturated heterocycles. The van der Waals surface area contributed by atoms with Crippen LogP contribution in [-0.2, 0) is 23.7 Å². The predicted molar refractivity (Wildman–Crippen MR) is 253 cm³/mol. The molecule has 0 atom stereocenters. The lowest BCUT2D eigenvalue weighted by Crippen LogP contribution is -2.25. The molecule has 0 amide bonds. The van der Waals surface area contributed by atoms with E-state index >= 15 is 0 Å². The summed E-state index contributed by atoms with van der Waals surface area (Å²) in [7, 11) is 0. The fourth-order valence-corrected chi connectivity index (χ4v) is 11.9. The molecular formula is C60H42. The van der Waals surface area contributed by atoms with E-state index in [1.54, 1.807) is 0 Å². The van der Waals surface area contributed by atoms with Gasteiger partial charge in [-0.15, -0.1) is 0 Å². The van der Waals surface area contributed by atoms with E-state index in [0.717, 1.165) is 12.8 Å². The number of benzene rings is 10. The first-order valence-corrected chi connectivity index (χ1v) is 21.5. The van der Waals surface area contributed by atoms with E-state index in [0.29, 0.717) is 0 Å². The molecule has 1 spiro atoms. The van der Waals surface area contributed by atoms with E-state index in [1.165, 1.54) is 121 Å². The second kappa shape index (κ2) is 12.3. The zero-order valence-corrected chi connectivity index (χ0v) is 33.9. The topological polar surface area (TPSA) is 0 Å². The Kier molecular flexibility index (Phi) is 6.93. The molecule has 3 aliphatic carbocycles. The summed E-state index contributed by atoms with van der Waals surface area (Å²) >= 11 is 0. The summed E-state index contributed by atoms with van der Waals surface area (Å²) in [5, 5.41) is 7.67. The van der Waals surface area contributed by atoms with Crippen LogP contribution in [0.25, 0.3) is 88.0 Å². The molecule has 0 heteroatoms. The predicted octanol–water partition coefficient (Wildman–Crippen LogP) is 15.5. The van der Waals surface area contributed by atoms with Crippen LogP contribution in [0.3, 0.4) is 0 Å². The van der Waals surface area contributed by atoms with Crippen molar-refractivity contribution >= 4 is 32.3 Å². The van der Waals surface area contributed by atoms with E-state index in [2.05, 4.69) is 208 Å². The molecule has 0 bridgehead atoms. The molecule has 282 valence electrons. The smallest absolute Gasteiger partial charge is 0.0295 e. The minimum atomic E-state index is -0.0947. The molecule has 0 fully saturated rings. The van der Waals surface area contributed by atoms with Crippen molar-refractivity contribution in [1.29, 1.82) is 0 Å². The van der Waals surface area contributed by atoms with Gasteiger partial charge in [0, 0.05) is 10.8 Å². The zero-order valence-electron chi connectivity index (χ0n) is 33.9. The van der Waals surface area contributed by atoms with Gasteiger partial charge in [-0.05, 0) is 152 Å². The first kappa shape index (κ1) is 33.9. The summed E-state index contributed by atoms with van der Waals surface area (Å²) in [5.41, 5.74) is 21.7. The quantitative estimate of drug-likeness (QED) is 0.157. The molecule has 0 radical (unpaired) electrons. The van der Waals surface area contributed by atoms with Crippen LogP contribution in [0.2, 0.25) is 0 Å². The summed E-state index contributed by atoms with van der Waals surface area (Å²) in [6, 6.07) is 73.9. The van der Waals surface area contributed by atoms with Gasteiger partial charge in [-0.1, -0.05) is 190 Å². The van der Waals surface area contributed by atoms with Crippen LogP contribution in [0.5, 0.6) is 0 Å². The molecule has 3 aliphatic rings.